The summed E-state index contributed by atoms with van der Waals surface area (Å²) in [6.07, 6.45) is 0.212. The number of nitrogens with zero attached hydrogens (tertiary/aromatic N) is 1. The van der Waals surface area contributed by atoms with Crippen molar-refractivity contribution in [1.29, 1.82) is 0 Å². The minimum atomic E-state index is -0.459. The molecule has 0 aromatic heterocycles. The molecule has 0 spiro atoms. The molecule has 0 bridgehead atoms. The summed E-state index contributed by atoms with van der Waals surface area (Å²) in [5, 5.41) is 13.6. The van der Waals surface area contributed by atoms with E-state index in [0.717, 1.165) is 11.1 Å². The van der Waals surface area contributed by atoms with Gasteiger partial charge in [-0.3, -0.25) is 4.79 Å². The van der Waals surface area contributed by atoms with Gasteiger partial charge in [0, 0.05) is 24.2 Å². The maximum absolute atomic E-state index is 12.1. The molecule has 1 amide bonds. The van der Waals surface area contributed by atoms with Crippen molar-refractivity contribution >= 4 is 11.6 Å². The largest absolute Gasteiger partial charge is 0.396 e. The molecule has 0 aliphatic rings. The average Bonchev–Trinajstić information content (AvgIpc) is 2.56. The van der Waals surface area contributed by atoms with E-state index in [4.69, 9.17) is 0 Å². The summed E-state index contributed by atoms with van der Waals surface area (Å²) in [6.45, 7) is 3.63. The van der Waals surface area contributed by atoms with Gasteiger partial charge in [-0.25, -0.2) is 5.43 Å². The van der Waals surface area contributed by atoms with Gasteiger partial charge in [0.05, 0.1) is 5.71 Å². The van der Waals surface area contributed by atoms with Crippen molar-refractivity contribution in [3.05, 3.63) is 71.8 Å². The molecule has 0 unspecified atom stereocenters. The molecule has 2 aromatic carbocycles. The molecule has 0 radical (unpaired) electrons. The van der Waals surface area contributed by atoms with Crippen LogP contribution < -0.4 is 5.43 Å². The molecule has 0 atom stereocenters. The Morgan fingerprint density at radius 3 is 1.91 bits per heavy atom. The summed E-state index contributed by atoms with van der Waals surface area (Å²) in [5.74, 6) is -0.214. The van der Waals surface area contributed by atoms with Crippen molar-refractivity contribution in [2.75, 3.05) is 6.61 Å². The summed E-state index contributed by atoms with van der Waals surface area (Å²) >= 11 is 0. The van der Waals surface area contributed by atoms with E-state index in [1.165, 1.54) is 0 Å². The zero-order valence-electron chi connectivity index (χ0n) is 13.5. The number of hydrazone groups is 1. The van der Waals surface area contributed by atoms with Crippen LogP contribution in [0.4, 0.5) is 0 Å². The number of hydrogen-bond donors (Lipinski definition) is 2. The second-order valence-corrected chi connectivity index (χ2v) is 6.23. The number of aliphatic hydroxyl groups is 1. The van der Waals surface area contributed by atoms with Gasteiger partial charge in [-0.15, -0.1) is 0 Å². The summed E-state index contributed by atoms with van der Waals surface area (Å²) < 4.78 is 0. The van der Waals surface area contributed by atoms with Crippen molar-refractivity contribution in [2.24, 2.45) is 10.5 Å². The fraction of sp³-hybridized carbons (Fsp3) is 0.263. The fourth-order valence-corrected chi connectivity index (χ4v) is 2.14. The highest BCUT2D eigenvalue weighted by molar-refractivity contribution is 6.13. The van der Waals surface area contributed by atoms with Crippen LogP contribution in [-0.2, 0) is 4.79 Å². The number of amides is 1. The van der Waals surface area contributed by atoms with E-state index in [0.29, 0.717) is 5.71 Å². The first-order chi connectivity index (χ1) is 11.0. The lowest BCUT2D eigenvalue weighted by molar-refractivity contribution is -0.123. The van der Waals surface area contributed by atoms with Gasteiger partial charge in [0.15, 0.2) is 0 Å². The molecule has 0 aliphatic heterocycles. The minimum Gasteiger partial charge on any atom is -0.396 e. The SMILES string of the molecule is CC(C)(CO)CC(=O)NN=C(c1ccccc1)c1ccccc1. The van der Waals surface area contributed by atoms with Gasteiger partial charge in [0.25, 0.3) is 0 Å². The van der Waals surface area contributed by atoms with E-state index in [1.54, 1.807) is 0 Å². The van der Waals surface area contributed by atoms with Gasteiger partial charge in [-0.2, -0.15) is 5.10 Å². The van der Waals surface area contributed by atoms with Gasteiger partial charge < -0.3 is 5.11 Å². The maximum Gasteiger partial charge on any atom is 0.240 e. The second kappa shape index (κ2) is 7.70. The Morgan fingerprint density at radius 1 is 1.00 bits per heavy atom. The molecule has 0 fully saturated rings. The zero-order chi connectivity index (χ0) is 16.7. The highest BCUT2D eigenvalue weighted by Gasteiger charge is 2.21. The average molecular weight is 310 g/mol. The number of carbonyl (C=O) groups excluding carboxylic acids is 1. The topological polar surface area (TPSA) is 61.7 Å². The van der Waals surface area contributed by atoms with Crippen LogP contribution >= 0.6 is 0 Å². The van der Waals surface area contributed by atoms with Crippen LogP contribution in [0.2, 0.25) is 0 Å². The highest BCUT2D eigenvalue weighted by atomic mass is 16.3. The number of carbonyl (C=O) groups is 1. The Morgan fingerprint density at radius 2 is 1.48 bits per heavy atom. The lowest BCUT2D eigenvalue weighted by Crippen LogP contribution is -2.28. The van der Waals surface area contributed by atoms with E-state index < -0.39 is 5.41 Å². The van der Waals surface area contributed by atoms with E-state index in [1.807, 2.05) is 74.5 Å². The molecule has 4 nitrogen and oxygen atoms in total. The normalized spacial score (nSPS) is 10.9. The van der Waals surface area contributed by atoms with Crippen molar-refractivity contribution in [3.8, 4) is 0 Å². The standard InChI is InChI=1S/C19H22N2O2/c1-19(2,14-22)13-17(23)20-21-18(15-9-5-3-6-10-15)16-11-7-4-8-12-16/h3-12,22H,13-14H2,1-2H3,(H,20,23). The Bertz CT molecular complexity index is 623. The van der Waals surface area contributed by atoms with E-state index in [-0.39, 0.29) is 18.9 Å². The molecular formula is C19H22N2O2. The molecule has 120 valence electrons. The van der Waals surface area contributed by atoms with Crippen LogP contribution in [0.15, 0.2) is 65.8 Å². The second-order valence-electron chi connectivity index (χ2n) is 6.23. The predicted molar refractivity (Wildman–Crippen MR) is 92.1 cm³/mol. The van der Waals surface area contributed by atoms with Crippen LogP contribution in [0.5, 0.6) is 0 Å². The lowest BCUT2D eigenvalue weighted by atomic mass is 9.90. The van der Waals surface area contributed by atoms with Crippen LogP contribution in [0.25, 0.3) is 0 Å². The van der Waals surface area contributed by atoms with Gasteiger partial charge in [-0.1, -0.05) is 74.5 Å². The first-order valence-electron chi connectivity index (χ1n) is 7.60. The van der Waals surface area contributed by atoms with Gasteiger partial charge in [0.1, 0.15) is 0 Å². The van der Waals surface area contributed by atoms with Crippen molar-refractivity contribution in [3.63, 3.8) is 0 Å². The molecule has 2 rings (SSSR count). The molecule has 0 heterocycles. The molecule has 2 aromatic rings. The van der Waals surface area contributed by atoms with Gasteiger partial charge in [-0.05, 0) is 5.41 Å². The fourth-order valence-electron chi connectivity index (χ4n) is 2.14. The van der Waals surface area contributed by atoms with E-state index >= 15 is 0 Å². The minimum absolute atomic E-state index is 0.0473. The number of aliphatic hydroxyl groups excluding tert-OH is 1. The Hall–Kier alpha value is -2.46. The summed E-state index contributed by atoms with van der Waals surface area (Å²) in [5.41, 5.74) is 4.72. The third-order valence-electron chi connectivity index (χ3n) is 3.45. The number of rotatable bonds is 6. The quantitative estimate of drug-likeness (QED) is 0.636. The van der Waals surface area contributed by atoms with Crippen molar-refractivity contribution < 1.29 is 9.90 Å². The number of benzene rings is 2. The predicted octanol–water partition coefficient (Wildman–Crippen LogP) is 2.96. The maximum atomic E-state index is 12.1. The summed E-state index contributed by atoms with van der Waals surface area (Å²) in [4.78, 5) is 12.1. The Balaban J connectivity index is 2.23. The van der Waals surface area contributed by atoms with Crippen LogP contribution in [0.3, 0.4) is 0 Å². The summed E-state index contributed by atoms with van der Waals surface area (Å²) in [7, 11) is 0. The molecular weight excluding hydrogens is 288 g/mol. The molecule has 0 saturated heterocycles. The molecule has 0 aliphatic carbocycles. The smallest absolute Gasteiger partial charge is 0.240 e. The van der Waals surface area contributed by atoms with Gasteiger partial charge >= 0.3 is 0 Å². The lowest BCUT2D eigenvalue weighted by Gasteiger charge is -2.19. The van der Waals surface area contributed by atoms with Crippen LogP contribution in [0.1, 0.15) is 31.4 Å². The number of hydrogen-bond acceptors (Lipinski definition) is 3. The first-order valence-corrected chi connectivity index (χ1v) is 7.60. The zero-order valence-corrected chi connectivity index (χ0v) is 13.5. The summed E-state index contributed by atoms with van der Waals surface area (Å²) in [6, 6.07) is 19.4. The van der Waals surface area contributed by atoms with E-state index in [9.17, 15) is 9.90 Å². The third-order valence-corrected chi connectivity index (χ3v) is 3.45. The van der Waals surface area contributed by atoms with Crippen molar-refractivity contribution in [2.45, 2.75) is 20.3 Å². The first kappa shape index (κ1) is 16.9. The van der Waals surface area contributed by atoms with Gasteiger partial charge in [0.2, 0.25) is 5.91 Å². The van der Waals surface area contributed by atoms with Crippen molar-refractivity contribution in [1.82, 2.24) is 5.43 Å². The van der Waals surface area contributed by atoms with E-state index in [2.05, 4.69) is 10.5 Å². The molecule has 23 heavy (non-hydrogen) atoms. The van der Waals surface area contributed by atoms with Crippen LogP contribution in [-0.4, -0.2) is 23.3 Å². The molecule has 2 N–H and O–H groups in total. The molecule has 0 saturated carbocycles. The van der Waals surface area contributed by atoms with Crippen LogP contribution in [0, 0.1) is 5.41 Å². The molecule has 4 heteroatoms. The third kappa shape index (κ3) is 5.04. The Labute approximate surface area is 136 Å². The number of nitrogens with one attached hydrogen (secondary N) is 1. The monoisotopic (exact) mass is 310 g/mol. The highest BCUT2D eigenvalue weighted by Crippen LogP contribution is 2.18. The Kier molecular flexibility index (Phi) is 5.66.